The van der Waals surface area contributed by atoms with Crippen LogP contribution in [0.25, 0.3) is 17.0 Å². The van der Waals surface area contributed by atoms with Crippen molar-refractivity contribution in [2.75, 3.05) is 0 Å². The van der Waals surface area contributed by atoms with Crippen LogP contribution >= 0.6 is 0 Å². The molecule has 0 aliphatic heterocycles. The topological polar surface area (TPSA) is 109 Å². The van der Waals surface area contributed by atoms with Gasteiger partial charge in [-0.2, -0.15) is 10.2 Å². The molecule has 156 valence electrons. The zero-order chi connectivity index (χ0) is 26.0. The molecule has 4 heterocycles. The number of fused-ring (bicyclic) bond motifs is 1. The lowest BCUT2D eigenvalue weighted by molar-refractivity contribution is 0.211. The molecule has 0 amide bonds. The van der Waals surface area contributed by atoms with Gasteiger partial charge in [-0.05, 0) is 10.7 Å². The maximum atomic E-state index is 6.26. The van der Waals surface area contributed by atoms with Crippen molar-refractivity contribution in [3.05, 3.63) is 35.7 Å². The van der Waals surface area contributed by atoms with E-state index >= 15 is 0 Å². The minimum Gasteiger partial charge on any atom is -0.483 e. The molecule has 35 heavy (non-hydrogen) atoms. The molecule has 0 aliphatic rings. The Morgan fingerprint density at radius 3 is 2.26 bits per heavy atom. The highest BCUT2D eigenvalue weighted by atomic mass is 16.5. The molecule has 0 bridgehead atoms. The summed E-state index contributed by atoms with van der Waals surface area (Å²) in [5.41, 5.74) is 0.791. The molecular weight excluding hydrogens is 435 g/mol. The molecule has 16 radical (unpaired) electrons. The van der Waals surface area contributed by atoms with Gasteiger partial charge in [-0.15, -0.1) is 10.2 Å². The van der Waals surface area contributed by atoms with Gasteiger partial charge in [0.05, 0.1) is 64.2 Å². The Labute approximate surface area is 212 Å². The van der Waals surface area contributed by atoms with Crippen molar-refractivity contribution in [3.8, 4) is 17.4 Å². The highest BCUT2D eigenvalue weighted by molar-refractivity contribution is 6.58. The normalized spacial score (nSPS) is 13.3. The first kappa shape index (κ1) is 25.3. The molecule has 4 aromatic rings. The van der Waals surface area contributed by atoms with Crippen molar-refractivity contribution in [2.45, 2.75) is 41.9 Å². The second-order valence-corrected chi connectivity index (χ2v) is 9.18. The van der Waals surface area contributed by atoms with Crippen molar-refractivity contribution < 1.29 is 9.26 Å². The molecule has 4 rings (SSSR count). The number of nitrogens with zero attached hydrogens (tertiary/aromatic N) is 8. The van der Waals surface area contributed by atoms with Crippen molar-refractivity contribution in [2.24, 2.45) is 0 Å². The predicted octanol–water partition coefficient (Wildman–Crippen LogP) is -2.12. The number of aromatic nitrogens is 8. The monoisotopic (exact) mass is 448 g/mol. The Balaban J connectivity index is 1.87. The van der Waals surface area contributed by atoms with E-state index in [0.29, 0.717) is 11.1 Å². The van der Waals surface area contributed by atoms with Crippen LogP contribution in [0.15, 0.2) is 23.1 Å². The molecule has 18 heteroatoms. The van der Waals surface area contributed by atoms with Crippen LogP contribution in [-0.2, 0) is 21.2 Å². The van der Waals surface area contributed by atoms with Crippen LogP contribution in [0.1, 0.15) is 37.9 Å². The number of hydrogen-bond acceptors (Lipinski definition) is 8. The van der Waals surface area contributed by atoms with Crippen LogP contribution in [0.2, 0.25) is 0 Å². The van der Waals surface area contributed by atoms with E-state index in [0.717, 1.165) is 11.0 Å². The Hall–Kier alpha value is -2.78. The fraction of sp³-hybridized carbons (Fsp3) is 0.412. The first-order chi connectivity index (χ1) is 16.0. The van der Waals surface area contributed by atoms with Gasteiger partial charge >= 0.3 is 0 Å². The van der Waals surface area contributed by atoms with Crippen LogP contribution < -0.4 is 4.74 Å². The van der Waals surface area contributed by atoms with Crippen molar-refractivity contribution in [1.29, 1.82) is 0 Å². The van der Waals surface area contributed by atoms with E-state index in [4.69, 9.17) is 72.0 Å². The molecular formula is C17H12B8N8O2. The summed E-state index contributed by atoms with van der Waals surface area (Å²) < 4.78 is 13.5. The van der Waals surface area contributed by atoms with Gasteiger partial charge in [0.25, 0.3) is 0 Å². The second kappa shape index (κ2) is 8.13. The first-order valence-corrected chi connectivity index (χ1v) is 10.1. The molecule has 0 fully saturated rings. The zero-order valence-electron chi connectivity index (χ0n) is 19.2. The third kappa shape index (κ3) is 4.71. The average molecular weight is 447 g/mol. The summed E-state index contributed by atoms with van der Waals surface area (Å²) in [4.78, 5) is 4.01. The van der Waals surface area contributed by atoms with E-state index < -0.39 is 21.2 Å². The highest BCUT2D eigenvalue weighted by Gasteiger charge is 2.35. The van der Waals surface area contributed by atoms with Gasteiger partial charge in [-0.1, -0.05) is 31.0 Å². The number of rotatable bonds is 6. The van der Waals surface area contributed by atoms with Crippen molar-refractivity contribution in [1.82, 2.24) is 39.7 Å². The Morgan fingerprint density at radius 2 is 1.69 bits per heavy atom. The summed E-state index contributed by atoms with van der Waals surface area (Å²) in [5.74, 6) is 0.0842. The lowest BCUT2D eigenvalue weighted by atomic mass is 9.41. The van der Waals surface area contributed by atoms with Gasteiger partial charge in [0.15, 0.2) is 5.69 Å². The third-order valence-electron chi connectivity index (χ3n) is 4.87. The van der Waals surface area contributed by atoms with Gasteiger partial charge in [0.1, 0.15) is 33.6 Å². The molecule has 0 aromatic carbocycles. The summed E-state index contributed by atoms with van der Waals surface area (Å²) in [6.45, 7) is 5.79. The molecule has 0 saturated carbocycles. The zero-order valence-corrected chi connectivity index (χ0v) is 19.2. The van der Waals surface area contributed by atoms with Crippen LogP contribution in [0.4, 0.5) is 0 Å². The lowest BCUT2D eigenvalue weighted by Gasteiger charge is -2.32. The Bertz CT molecular complexity index is 1380. The van der Waals surface area contributed by atoms with E-state index in [1.165, 1.54) is 16.8 Å². The quantitative estimate of drug-likeness (QED) is 0.309. The predicted molar refractivity (Wildman–Crippen MR) is 133 cm³/mol. The average Bonchev–Trinajstić information content (AvgIpc) is 3.42. The molecule has 0 atom stereocenters. The highest BCUT2D eigenvalue weighted by Crippen LogP contribution is 2.38. The summed E-state index contributed by atoms with van der Waals surface area (Å²) in [7, 11) is 46.8. The minimum absolute atomic E-state index is 0.0158. The maximum Gasteiger partial charge on any atom is 0.237 e. The summed E-state index contributed by atoms with van der Waals surface area (Å²) in [6, 6.07) is 1.42. The number of ether oxygens (including phenoxy) is 1. The Kier molecular flexibility index (Phi) is 5.88. The first-order valence-electron chi connectivity index (χ1n) is 10.1. The molecule has 0 aliphatic carbocycles. The molecule has 0 saturated heterocycles. The van der Waals surface area contributed by atoms with E-state index in [1.807, 2.05) is 20.8 Å². The van der Waals surface area contributed by atoms with Crippen LogP contribution in [-0.4, -0.2) is 103 Å². The maximum absolute atomic E-state index is 6.26. The van der Waals surface area contributed by atoms with Gasteiger partial charge in [-0.25, -0.2) is 9.50 Å². The Morgan fingerprint density at radius 1 is 1.00 bits per heavy atom. The SMILES string of the molecule is [B]C([B])([B])c1cc(-c2nncc3c(C(C)(C)C)c(OC([B])([B])c4ncnn4C([B])([B])[B])nn23)no1. The van der Waals surface area contributed by atoms with Gasteiger partial charge in [-0.3, -0.25) is 4.68 Å². The fourth-order valence-electron chi connectivity index (χ4n) is 3.39. The van der Waals surface area contributed by atoms with Crippen LogP contribution in [0, 0.1) is 0 Å². The van der Waals surface area contributed by atoms with Gasteiger partial charge < -0.3 is 9.26 Å². The second-order valence-electron chi connectivity index (χ2n) is 9.18. The smallest absolute Gasteiger partial charge is 0.237 e. The van der Waals surface area contributed by atoms with E-state index in [-0.39, 0.29) is 29.0 Å². The molecule has 4 aromatic heterocycles. The molecule has 0 spiro atoms. The van der Waals surface area contributed by atoms with Gasteiger partial charge in [0, 0.05) is 11.6 Å². The van der Waals surface area contributed by atoms with Crippen molar-refractivity contribution >= 4 is 68.3 Å². The van der Waals surface area contributed by atoms with Crippen LogP contribution in [0.3, 0.4) is 0 Å². The van der Waals surface area contributed by atoms with E-state index in [2.05, 4.69) is 30.5 Å². The molecule has 0 unspecified atom stereocenters. The van der Waals surface area contributed by atoms with Crippen molar-refractivity contribution in [3.63, 3.8) is 0 Å². The molecule has 10 nitrogen and oxygen atoms in total. The standard InChI is InChI=1S/C17H12B8N8O2/c1-14(2,3)10-8-5-27-29-11(7-4-9(35-31-7)15(18,19)20)32(8)30-12(10)34-16(21,22)13-26-6-28-33(13)17(23,24)25/h4-6H,1-3H3. The third-order valence-corrected chi connectivity index (χ3v) is 4.87. The fourth-order valence-corrected chi connectivity index (χ4v) is 3.39. The number of hydrogen-bond donors (Lipinski definition) is 0. The van der Waals surface area contributed by atoms with E-state index in [1.54, 1.807) is 0 Å². The summed E-state index contributed by atoms with van der Waals surface area (Å²) >= 11 is 0. The molecule has 0 N–H and O–H groups in total. The van der Waals surface area contributed by atoms with E-state index in [9.17, 15) is 0 Å². The van der Waals surface area contributed by atoms with Crippen LogP contribution in [0.5, 0.6) is 5.88 Å². The summed E-state index contributed by atoms with van der Waals surface area (Å²) in [5, 5.41) is 14.7. The lowest BCUT2D eigenvalue weighted by Crippen LogP contribution is -2.45. The van der Waals surface area contributed by atoms with Gasteiger partial charge in [0.2, 0.25) is 11.7 Å². The largest absolute Gasteiger partial charge is 0.483 e. The summed E-state index contributed by atoms with van der Waals surface area (Å²) in [6.07, 6.45) is 2.62. The minimum atomic E-state index is -2.10.